The van der Waals surface area contributed by atoms with Gasteiger partial charge in [0.05, 0.1) is 18.7 Å². The van der Waals surface area contributed by atoms with Gasteiger partial charge in [0.2, 0.25) is 0 Å². The molecule has 0 saturated carbocycles. The molecule has 1 saturated heterocycles. The van der Waals surface area contributed by atoms with E-state index in [4.69, 9.17) is 16.3 Å². The van der Waals surface area contributed by atoms with Gasteiger partial charge in [-0.3, -0.25) is 9.59 Å². The molecule has 0 radical (unpaired) electrons. The molecule has 6 heteroatoms. The molecule has 1 heterocycles. The molecule has 5 nitrogen and oxygen atoms in total. The van der Waals surface area contributed by atoms with E-state index < -0.39 is 17.7 Å². The third kappa shape index (κ3) is 3.76. The lowest BCUT2D eigenvalue weighted by Gasteiger charge is -2.25. The summed E-state index contributed by atoms with van der Waals surface area (Å²) in [5.41, 5.74) is 1.27. The van der Waals surface area contributed by atoms with Crippen LogP contribution in [0.5, 0.6) is 5.75 Å². The van der Waals surface area contributed by atoms with Gasteiger partial charge >= 0.3 is 0 Å². The molecule has 0 aliphatic carbocycles. The second-order valence-electron chi connectivity index (χ2n) is 6.63. The van der Waals surface area contributed by atoms with Gasteiger partial charge in [-0.25, -0.2) is 0 Å². The largest absolute Gasteiger partial charge is 0.507 e. The molecular weight excluding hydrogens is 378 g/mol. The quantitative estimate of drug-likeness (QED) is 0.439. The number of unbranched alkanes of at least 4 members (excludes halogenated alkanes) is 1. The Labute approximate surface area is 169 Å². The molecule has 146 valence electrons. The van der Waals surface area contributed by atoms with E-state index >= 15 is 0 Å². The summed E-state index contributed by atoms with van der Waals surface area (Å²) in [6, 6.07) is 13.0. The SMILES string of the molecule is CCCCN1C(=O)C(=O)C(=C(O)c2ccc(OC)cc2)[C@H]1c1ccc(Cl)cc1. The number of carbonyl (C=O) groups is 2. The summed E-state index contributed by atoms with van der Waals surface area (Å²) in [5, 5.41) is 11.5. The summed E-state index contributed by atoms with van der Waals surface area (Å²) >= 11 is 6.00. The summed E-state index contributed by atoms with van der Waals surface area (Å²) < 4.78 is 5.14. The first-order chi connectivity index (χ1) is 13.5. The number of amides is 1. The summed E-state index contributed by atoms with van der Waals surface area (Å²) in [7, 11) is 1.55. The van der Waals surface area contributed by atoms with Crippen LogP contribution in [0.15, 0.2) is 54.1 Å². The first-order valence-corrected chi connectivity index (χ1v) is 9.54. The molecule has 1 N–H and O–H groups in total. The summed E-state index contributed by atoms with van der Waals surface area (Å²) in [6.07, 6.45) is 1.65. The minimum absolute atomic E-state index is 0.0913. The van der Waals surface area contributed by atoms with Crippen LogP contribution < -0.4 is 4.74 Å². The van der Waals surface area contributed by atoms with Crippen LogP contribution in [0.4, 0.5) is 0 Å². The lowest BCUT2D eigenvalue weighted by molar-refractivity contribution is -0.139. The van der Waals surface area contributed by atoms with Gasteiger partial charge in [0, 0.05) is 17.1 Å². The van der Waals surface area contributed by atoms with Gasteiger partial charge in [0.25, 0.3) is 11.7 Å². The number of rotatable bonds is 6. The molecule has 1 aliphatic rings. The highest BCUT2D eigenvalue weighted by Crippen LogP contribution is 2.39. The van der Waals surface area contributed by atoms with Crippen LogP contribution >= 0.6 is 11.6 Å². The molecule has 2 aromatic rings. The molecule has 0 aromatic heterocycles. The fourth-order valence-corrected chi connectivity index (χ4v) is 3.46. The van der Waals surface area contributed by atoms with E-state index in [1.54, 1.807) is 55.6 Å². The number of aliphatic hydroxyl groups excluding tert-OH is 1. The van der Waals surface area contributed by atoms with Crippen molar-refractivity contribution in [1.29, 1.82) is 0 Å². The Kier molecular flexibility index (Phi) is 6.05. The maximum Gasteiger partial charge on any atom is 0.295 e. The van der Waals surface area contributed by atoms with Crippen molar-refractivity contribution in [2.75, 3.05) is 13.7 Å². The first kappa shape index (κ1) is 20.0. The average Bonchev–Trinajstić information content (AvgIpc) is 2.97. The molecule has 0 spiro atoms. The fraction of sp³-hybridized carbons (Fsp3) is 0.273. The Bertz CT molecular complexity index is 903. The monoisotopic (exact) mass is 399 g/mol. The van der Waals surface area contributed by atoms with Crippen molar-refractivity contribution in [3.8, 4) is 5.75 Å². The van der Waals surface area contributed by atoms with E-state index in [2.05, 4.69) is 0 Å². The van der Waals surface area contributed by atoms with Gasteiger partial charge in [-0.05, 0) is 48.4 Å². The highest BCUT2D eigenvalue weighted by molar-refractivity contribution is 6.46. The van der Waals surface area contributed by atoms with Crippen LogP contribution in [-0.2, 0) is 9.59 Å². The van der Waals surface area contributed by atoms with Crippen molar-refractivity contribution >= 4 is 29.1 Å². The van der Waals surface area contributed by atoms with Crippen molar-refractivity contribution in [2.24, 2.45) is 0 Å². The van der Waals surface area contributed by atoms with Crippen LogP contribution in [-0.4, -0.2) is 35.4 Å². The van der Waals surface area contributed by atoms with Gasteiger partial charge in [0.1, 0.15) is 11.5 Å². The Morgan fingerprint density at radius 3 is 2.32 bits per heavy atom. The van der Waals surface area contributed by atoms with E-state index in [-0.39, 0.29) is 11.3 Å². The number of halogens is 1. The lowest BCUT2D eigenvalue weighted by Crippen LogP contribution is -2.30. The Hall–Kier alpha value is -2.79. The number of ketones is 1. The Balaban J connectivity index is 2.12. The van der Waals surface area contributed by atoms with Crippen molar-refractivity contribution in [1.82, 2.24) is 4.90 Å². The number of methoxy groups -OCH3 is 1. The van der Waals surface area contributed by atoms with Crippen molar-refractivity contribution in [3.05, 3.63) is 70.3 Å². The predicted molar refractivity (Wildman–Crippen MR) is 108 cm³/mol. The van der Waals surface area contributed by atoms with Crippen LogP contribution in [0.1, 0.15) is 36.9 Å². The van der Waals surface area contributed by atoms with Crippen molar-refractivity contribution in [3.63, 3.8) is 0 Å². The summed E-state index contributed by atoms with van der Waals surface area (Å²) in [4.78, 5) is 27.0. The third-order valence-corrected chi connectivity index (χ3v) is 5.09. The molecule has 1 aliphatic heterocycles. The topological polar surface area (TPSA) is 66.8 Å². The number of hydrogen-bond donors (Lipinski definition) is 1. The number of benzene rings is 2. The zero-order valence-corrected chi connectivity index (χ0v) is 16.6. The van der Waals surface area contributed by atoms with E-state index in [9.17, 15) is 14.7 Å². The van der Waals surface area contributed by atoms with Gasteiger partial charge in [-0.15, -0.1) is 0 Å². The van der Waals surface area contributed by atoms with Crippen LogP contribution in [0.25, 0.3) is 5.76 Å². The van der Waals surface area contributed by atoms with Crippen molar-refractivity contribution < 1.29 is 19.4 Å². The molecular formula is C22H22ClNO4. The third-order valence-electron chi connectivity index (χ3n) is 4.84. The van der Waals surface area contributed by atoms with Crippen LogP contribution in [0, 0.1) is 0 Å². The Morgan fingerprint density at radius 2 is 1.75 bits per heavy atom. The smallest absolute Gasteiger partial charge is 0.295 e. The molecule has 2 aromatic carbocycles. The van der Waals surface area contributed by atoms with E-state index in [1.807, 2.05) is 6.92 Å². The maximum atomic E-state index is 12.8. The van der Waals surface area contributed by atoms with Gasteiger partial charge in [0.15, 0.2) is 0 Å². The number of hydrogen-bond acceptors (Lipinski definition) is 4. The number of aliphatic hydroxyl groups is 1. The van der Waals surface area contributed by atoms with Gasteiger partial charge < -0.3 is 14.7 Å². The molecule has 3 rings (SSSR count). The zero-order valence-electron chi connectivity index (χ0n) is 15.8. The molecule has 1 amide bonds. The minimum Gasteiger partial charge on any atom is -0.507 e. The van der Waals surface area contributed by atoms with Gasteiger partial charge in [-0.1, -0.05) is 37.1 Å². The average molecular weight is 400 g/mol. The zero-order chi connectivity index (χ0) is 20.3. The molecule has 1 fully saturated rings. The summed E-state index contributed by atoms with van der Waals surface area (Å²) in [5.74, 6) is -0.831. The maximum absolute atomic E-state index is 12.8. The number of ether oxygens (including phenoxy) is 1. The van der Waals surface area contributed by atoms with Crippen LogP contribution in [0.3, 0.4) is 0 Å². The van der Waals surface area contributed by atoms with Crippen LogP contribution in [0.2, 0.25) is 5.02 Å². The lowest BCUT2D eigenvalue weighted by atomic mass is 9.95. The number of likely N-dealkylation sites (tertiary alicyclic amines) is 1. The molecule has 0 bridgehead atoms. The highest BCUT2D eigenvalue weighted by Gasteiger charge is 2.45. The second-order valence-corrected chi connectivity index (χ2v) is 7.06. The van der Waals surface area contributed by atoms with E-state index in [1.165, 1.54) is 4.90 Å². The minimum atomic E-state index is -0.677. The number of carbonyl (C=O) groups excluding carboxylic acids is 2. The Morgan fingerprint density at radius 1 is 1.11 bits per heavy atom. The molecule has 0 unspecified atom stereocenters. The number of Topliss-reactive ketones (excluding diaryl/α,β-unsaturated/α-hetero) is 1. The second kappa shape index (κ2) is 8.48. The standard InChI is InChI=1S/C22H22ClNO4/c1-3-4-13-24-19(14-5-9-16(23)10-6-14)18(21(26)22(24)27)20(25)15-7-11-17(28-2)12-8-15/h5-12,19,25H,3-4,13H2,1-2H3/t19-/m1/s1. The normalized spacial score (nSPS) is 18.5. The predicted octanol–water partition coefficient (Wildman–Crippen LogP) is 4.57. The fourth-order valence-electron chi connectivity index (χ4n) is 3.34. The van der Waals surface area contributed by atoms with E-state index in [0.717, 1.165) is 18.4 Å². The molecule has 28 heavy (non-hydrogen) atoms. The van der Waals surface area contributed by atoms with Crippen molar-refractivity contribution in [2.45, 2.75) is 25.8 Å². The number of nitrogens with zero attached hydrogens (tertiary/aromatic N) is 1. The first-order valence-electron chi connectivity index (χ1n) is 9.16. The highest BCUT2D eigenvalue weighted by atomic mass is 35.5. The van der Waals surface area contributed by atoms with E-state index in [0.29, 0.717) is 22.9 Å². The summed E-state index contributed by atoms with van der Waals surface area (Å²) in [6.45, 7) is 2.46. The van der Waals surface area contributed by atoms with Gasteiger partial charge in [-0.2, -0.15) is 0 Å². The molecule has 1 atom stereocenters.